The molecule has 0 unspecified atom stereocenters. The average Bonchev–Trinajstić information content (AvgIpc) is 3.03. The van der Waals surface area contributed by atoms with E-state index in [2.05, 4.69) is 27.2 Å². The van der Waals surface area contributed by atoms with Gasteiger partial charge in [-0.25, -0.2) is 18.9 Å². The van der Waals surface area contributed by atoms with E-state index in [-0.39, 0.29) is 18.1 Å². The number of aryl methyl sites for hydroxylation is 1. The Morgan fingerprint density at radius 3 is 2.97 bits per heavy atom. The first-order chi connectivity index (χ1) is 14.5. The van der Waals surface area contributed by atoms with Gasteiger partial charge < -0.3 is 15.0 Å². The highest BCUT2D eigenvalue weighted by molar-refractivity contribution is 5.92. The Balaban J connectivity index is 1.60. The highest BCUT2D eigenvalue weighted by Crippen LogP contribution is 2.25. The molecule has 1 atom stereocenters. The van der Waals surface area contributed by atoms with Crippen molar-refractivity contribution in [1.29, 1.82) is 0 Å². The fourth-order valence-electron chi connectivity index (χ4n) is 3.89. The fourth-order valence-corrected chi connectivity index (χ4v) is 3.89. The van der Waals surface area contributed by atoms with Gasteiger partial charge in [-0.2, -0.15) is 0 Å². The molecule has 1 N–H and O–H groups in total. The summed E-state index contributed by atoms with van der Waals surface area (Å²) in [6.07, 6.45) is 5.45. The van der Waals surface area contributed by atoms with E-state index in [0.29, 0.717) is 28.8 Å². The maximum absolute atomic E-state index is 12.8. The maximum atomic E-state index is 12.8. The first kappa shape index (κ1) is 19.9. The minimum absolute atomic E-state index is 0.201. The van der Waals surface area contributed by atoms with E-state index in [1.807, 2.05) is 19.1 Å². The van der Waals surface area contributed by atoms with Gasteiger partial charge >= 0.3 is 5.69 Å². The molecule has 0 saturated carbocycles. The molecular formula is C21H26N6O3. The minimum Gasteiger partial charge on any atom is -0.495 e. The van der Waals surface area contributed by atoms with Gasteiger partial charge in [0, 0.05) is 25.5 Å². The fraction of sp³-hybridized carbons (Fsp3) is 0.429. The summed E-state index contributed by atoms with van der Waals surface area (Å²) in [5.41, 5.74) is 1.65. The lowest BCUT2D eigenvalue weighted by molar-refractivity contribution is -0.117. The summed E-state index contributed by atoms with van der Waals surface area (Å²) < 4.78 is 7.92. The number of hydrogen-bond acceptors (Lipinski definition) is 6. The van der Waals surface area contributed by atoms with E-state index in [0.717, 1.165) is 25.1 Å². The van der Waals surface area contributed by atoms with Crippen molar-refractivity contribution in [1.82, 2.24) is 19.2 Å². The number of methoxy groups -OCH3 is 1. The molecule has 0 spiro atoms. The highest BCUT2D eigenvalue weighted by Gasteiger charge is 2.22. The Bertz CT molecular complexity index is 1140. The number of anilines is 2. The first-order valence-corrected chi connectivity index (χ1v) is 10.1. The molecule has 0 radical (unpaired) electrons. The molecule has 4 rings (SSSR count). The van der Waals surface area contributed by atoms with E-state index in [1.54, 1.807) is 25.6 Å². The molecular weight excluding hydrogens is 384 g/mol. The van der Waals surface area contributed by atoms with Crippen LogP contribution in [-0.2, 0) is 11.3 Å². The van der Waals surface area contributed by atoms with Crippen molar-refractivity contribution in [3.63, 3.8) is 0 Å². The Labute approximate surface area is 174 Å². The number of carbonyl (C=O) groups excluding carboxylic acids is 1. The number of nitrogens with zero attached hydrogens (tertiary/aromatic N) is 5. The summed E-state index contributed by atoms with van der Waals surface area (Å²) in [5.74, 6) is 1.44. The molecule has 0 bridgehead atoms. The van der Waals surface area contributed by atoms with Gasteiger partial charge in [0.2, 0.25) is 11.6 Å². The normalized spacial score (nSPS) is 16.6. The van der Waals surface area contributed by atoms with Crippen LogP contribution in [0.1, 0.15) is 25.3 Å². The van der Waals surface area contributed by atoms with Crippen LogP contribution in [0.15, 0.2) is 35.4 Å². The number of amides is 1. The number of hydrogen-bond donors (Lipinski definition) is 1. The highest BCUT2D eigenvalue weighted by atomic mass is 16.5. The van der Waals surface area contributed by atoms with Crippen LogP contribution >= 0.6 is 0 Å². The zero-order chi connectivity index (χ0) is 21.3. The summed E-state index contributed by atoms with van der Waals surface area (Å²) >= 11 is 0. The summed E-state index contributed by atoms with van der Waals surface area (Å²) in [7, 11) is 1.54. The van der Waals surface area contributed by atoms with E-state index in [9.17, 15) is 9.59 Å². The molecule has 9 nitrogen and oxygen atoms in total. The number of nitrogens with one attached hydrogen (secondary N) is 1. The third kappa shape index (κ3) is 3.87. The Morgan fingerprint density at radius 1 is 1.37 bits per heavy atom. The summed E-state index contributed by atoms with van der Waals surface area (Å²) in [4.78, 5) is 32.1. The topological polar surface area (TPSA) is 93.8 Å². The molecule has 1 aliphatic rings. The zero-order valence-corrected chi connectivity index (χ0v) is 17.5. The van der Waals surface area contributed by atoms with Gasteiger partial charge in [-0.1, -0.05) is 13.0 Å². The lowest BCUT2D eigenvalue weighted by Gasteiger charge is -2.31. The van der Waals surface area contributed by atoms with Crippen molar-refractivity contribution in [2.24, 2.45) is 5.92 Å². The van der Waals surface area contributed by atoms with Gasteiger partial charge in [0.05, 0.1) is 12.8 Å². The van der Waals surface area contributed by atoms with Crippen molar-refractivity contribution >= 4 is 23.1 Å². The minimum atomic E-state index is -0.370. The average molecular weight is 410 g/mol. The lowest BCUT2D eigenvalue weighted by atomic mass is 10.0. The predicted molar refractivity (Wildman–Crippen MR) is 114 cm³/mol. The Morgan fingerprint density at radius 2 is 2.20 bits per heavy atom. The molecule has 1 amide bonds. The zero-order valence-electron chi connectivity index (χ0n) is 17.5. The first-order valence-electron chi connectivity index (χ1n) is 10.1. The number of aromatic nitrogens is 4. The molecule has 2 aromatic heterocycles. The number of benzene rings is 1. The molecule has 1 saturated heterocycles. The van der Waals surface area contributed by atoms with E-state index >= 15 is 0 Å². The predicted octanol–water partition coefficient (Wildman–Crippen LogP) is 2.08. The number of fused-ring (bicyclic) bond motifs is 1. The lowest BCUT2D eigenvalue weighted by Crippen LogP contribution is -2.35. The molecule has 158 valence electrons. The van der Waals surface area contributed by atoms with Crippen molar-refractivity contribution in [3.8, 4) is 5.75 Å². The number of rotatable bonds is 5. The van der Waals surface area contributed by atoms with E-state index in [4.69, 9.17) is 4.74 Å². The molecule has 3 aromatic rings. The van der Waals surface area contributed by atoms with Crippen molar-refractivity contribution in [2.45, 2.75) is 33.2 Å². The maximum Gasteiger partial charge on any atom is 0.350 e. The molecule has 30 heavy (non-hydrogen) atoms. The third-order valence-electron chi connectivity index (χ3n) is 5.36. The monoisotopic (exact) mass is 410 g/mol. The Kier molecular flexibility index (Phi) is 5.43. The van der Waals surface area contributed by atoms with Crippen molar-refractivity contribution in [3.05, 3.63) is 46.6 Å². The van der Waals surface area contributed by atoms with Gasteiger partial charge in [-0.05, 0) is 43.4 Å². The van der Waals surface area contributed by atoms with E-state index in [1.165, 1.54) is 15.5 Å². The SMILES string of the molecule is COc1ccc(C)cc1NC(=O)Cn1nc2c(N3CCC[C@@H](C)C3)nccn2c1=O. The quantitative estimate of drug-likeness (QED) is 0.692. The molecule has 9 heteroatoms. The van der Waals surface area contributed by atoms with Crippen LogP contribution < -0.4 is 20.6 Å². The van der Waals surface area contributed by atoms with Gasteiger partial charge in [0.15, 0.2) is 5.82 Å². The third-order valence-corrected chi connectivity index (χ3v) is 5.36. The molecule has 1 aliphatic heterocycles. The van der Waals surface area contributed by atoms with Gasteiger partial charge in [0.1, 0.15) is 12.3 Å². The molecule has 1 fully saturated rings. The van der Waals surface area contributed by atoms with Crippen LogP contribution in [0, 0.1) is 12.8 Å². The largest absolute Gasteiger partial charge is 0.495 e. The smallest absolute Gasteiger partial charge is 0.350 e. The van der Waals surface area contributed by atoms with Crippen LogP contribution in [0.5, 0.6) is 5.75 Å². The second-order valence-corrected chi connectivity index (χ2v) is 7.83. The van der Waals surface area contributed by atoms with E-state index < -0.39 is 0 Å². The molecule has 1 aromatic carbocycles. The standard InChI is InChI=1S/C21H26N6O3/c1-14-6-7-17(30-3)16(11-14)23-18(28)13-27-21(29)26-10-8-22-19(20(26)24-27)25-9-4-5-15(2)12-25/h6-8,10-11,15H,4-5,9,12-13H2,1-3H3,(H,23,28)/t15-/m1/s1. The van der Waals surface area contributed by atoms with Crippen molar-refractivity contribution < 1.29 is 9.53 Å². The summed E-state index contributed by atoms with van der Waals surface area (Å²) in [6, 6.07) is 5.51. The summed E-state index contributed by atoms with van der Waals surface area (Å²) in [5, 5.41) is 7.23. The van der Waals surface area contributed by atoms with Gasteiger partial charge in [-0.15, -0.1) is 5.10 Å². The molecule has 3 heterocycles. The van der Waals surface area contributed by atoms with Crippen LogP contribution in [0.4, 0.5) is 11.5 Å². The second kappa shape index (κ2) is 8.17. The summed E-state index contributed by atoms with van der Waals surface area (Å²) in [6.45, 7) is 5.69. The van der Waals surface area contributed by atoms with Gasteiger partial charge in [-0.3, -0.25) is 4.79 Å². The number of piperidine rings is 1. The number of ether oxygens (including phenoxy) is 1. The van der Waals surface area contributed by atoms with Gasteiger partial charge in [0.25, 0.3) is 0 Å². The van der Waals surface area contributed by atoms with Crippen LogP contribution in [0.25, 0.3) is 5.65 Å². The van der Waals surface area contributed by atoms with Crippen LogP contribution in [-0.4, -0.2) is 45.3 Å². The molecule has 0 aliphatic carbocycles. The van der Waals surface area contributed by atoms with Crippen molar-refractivity contribution in [2.75, 3.05) is 30.4 Å². The number of carbonyl (C=O) groups is 1. The Hall–Kier alpha value is -3.36. The van der Waals surface area contributed by atoms with Crippen LogP contribution in [0.3, 0.4) is 0 Å². The second-order valence-electron chi connectivity index (χ2n) is 7.83. The van der Waals surface area contributed by atoms with Crippen LogP contribution in [0.2, 0.25) is 0 Å².